The first-order valence-corrected chi connectivity index (χ1v) is 6.90. The van der Waals surface area contributed by atoms with Gasteiger partial charge in [-0.05, 0) is 25.0 Å². The Hall–Kier alpha value is -1.75. The molecular weight excluding hydrogens is 280 g/mol. The van der Waals surface area contributed by atoms with Crippen molar-refractivity contribution in [3.05, 3.63) is 28.8 Å². The van der Waals surface area contributed by atoms with E-state index in [1.165, 1.54) is 6.92 Å². The van der Waals surface area contributed by atoms with Crippen molar-refractivity contribution < 1.29 is 14.7 Å². The molecule has 108 valence electrons. The van der Waals surface area contributed by atoms with E-state index in [1.807, 2.05) is 4.90 Å². The quantitative estimate of drug-likeness (QED) is 0.896. The summed E-state index contributed by atoms with van der Waals surface area (Å²) in [6.07, 6.45) is 1.56. The number of aromatic carboxylic acids is 1. The van der Waals surface area contributed by atoms with E-state index in [-0.39, 0.29) is 17.5 Å². The van der Waals surface area contributed by atoms with Gasteiger partial charge in [-0.25, -0.2) is 4.79 Å². The normalized spacial score (nSPS) is 16.0. The van der Waals surface area contributed by atoms with E-state index >= 15 is 0 Å². The molecule has 1 aromatic rings. The Kier molecular flexibility index (Phi) is 4.49. The summed E-state index contributed by atoms with van der Waals surface area (Å²) in [6, 6.07) is 5.05. The first-order valence-electron chi connectivity index (χ1n) is 6.53. The lowest BCUT2D eigenvalue weighted by Gasteiger charge is -2.35. The highest BCUT2D eigenvalue weighted by Crippen LogP contribution is 2.32. The third-order valence-electron chi connectivity index (χ3n) is 3.44. The average Bonchev–Trinajstić information content (AvgIpc) is 2.39. The average molecular weight is 297 g/mol. The van der Waals surface area contributed by atoms with Crippen LogP contribution in [0.15, 0.2) is 18.2 Å². The highest BCUT2D eigenvalue weighted by Gasteiger charge is 2.24. The van der Waals surface area contributed by atoms with E-state index in [4.69, 9.17) is 11.6 Å². The number of carbonyl (C=O) groups is 2. The van der Waals surface area contributed by atoms with Crippen LogP contribution in [0.3, 0.4) is 0 Å². The van der Waals surface area contributed by atoms with Gasteiger partial charge in [-0.15, -0.1) is 0 Å². The lowest BCUT2D eigenvalue weighted by atomic mass is 10.0. The number of carboxylic acid groups (broad SMARTS) is 1. The Morgan fingerprint density at radius 2 is 2.00 bits per heavy atom. The van der Waals surface area contributed by atoms with Crippen LogP contribution in [-0.2, 0) is 4.79 Å². The molecule has 1 saturated heterocycles. The Balaban J connectivity index is 2.14. The summed E-state index contributed by atoms with van der Waals surface area (Å²) >= 11 is 6.15. The van der Waals surface area contributed by atoms with E-state index in [0.29, 0.717) is 23.8 Å². The Morgan fingerprint density at radius 3 is 2.55 bits per heavy atom. The zero-order valence-corrected chi connectivity index (χ0v) is 12.0. The monoisotopic (exact) mass is 296 g/mol. The van der Waals surface area contributed by atoms with Crippen LogP contribution in [-0.4, -0.2) is 36.1 Å². The summed E-state index contributed by atoms with van der Waals surface area (Å²) < 4.78 is 0. The number of piperidine rings is 1. The number of amides is 1. The summed E-state index contributed by atoms with van der Waals surface area (Å²) in [5.41, 5.74) is 0.790. The first kappa shape index (κ1) is 14.7. The Labute approximate surface area is 122 Å². The highest BCUT2D eigenvalue weighted by molar-refractivity contribution is 6.34. The van der Waals surface area contributed by atoms with Gasteiger partial charge in [-0.1, -0.05) is 17.7 Å². The minimum atomic E-state index is -0.980. The summed E-state index contributed by atoms with van der Waals surface area (Å²) in [5, 5.41) is 12.6. The highest BCUT2D eigenvalue weighted by atomic mass is 35.5. The smallest absolute Gasteiger partial charge is 0.337 e. The molecule has 5 nitrogen and oxygen atoms in total. The van der Waals surface area contributed by atoms with Gasteiger partial charge in [0.05, 0.1) is 16.3 Å². The van der Waals surface area contributed by atoms with Crippen molar-refractivity contribution >= 4 is 29.2 Å². The topological polar surface area (TPSA) is 69.6 Å². The Bertz CT molecular complexity index is 525. The number of hydrogen-bond donors (Lipinski definition) is 2. The summed E-state index contributed by atoms with van der Waals surface area (Å²) in [7, 11) is 0. The molecule has 6 heteroatoms. The Morgan fingerprint density at radius 1 is 1.35 bits per heavy atom. The molecule has 1 amide bonds. The number of benzene rings is 1. The number of nitrogens with one attached hydrogen (secondary N) is 1. The van der Waals surface area contributed by atoms with Crippen molar-refractivity contribution in [1.29, 1.82) is 0 Å². The summed E-state index contributed by atoms with van der Waals surface area (Å²) in [6.45, 7) is 2.85. The first-order chi connectivity index (χ1) is 9.49. The van der Waals surface area contributed by atoms with Crippen molar-refractivity contribution in [3.63, 3.8) is 0 Å². The molecule has 1 aromatic carbocycles. The molecule has 1 fully saturated rings. The van der Waals surface area contributed by atoms with Gasteiger partial charge in [0.25, 0.3) is 0 Å². The summed E-state index contributed by atoms with van der Waals surface area (Å²) in [4.78, 5) is 24.3. The maximum atomic E-state index is 11.3. The van der Waals surface area contributed by atoms with Gasteiger partial charge >= 0.3 is 5.97 Å². The predicted molar refractivity (Wildman–Crippen MR) is 77.5 cm³/mol. The molecule has 0 radical (unpaired) electrons. The standard InChI is InChI=1S/C14H17ClN2O3/c1-9(18)16-10-5-7-17(8-6-10)13-11(14(19)20)3-2-4-12(13)15/h2-4,10H,5-8H2,1H3,(H,16,18)(H,19,20). The second-order valence-corrected chi connectivity index (χ2v) is 5.31. The zero-order valence-electron chi connectivity index (χ0n) is 11.2. The van der Waals surface area contributed by atoms with Crippen molar-refractivity contribution in [1.82, 2.24) is 5.32 Å². The number of carboxylic acids is 1. The van der Waals surface area contributed by atoms with Crippen LogP contribution in [0.25, 0.3) is 0 Å². The molecule has 0 saturated carbocycles. The lowest BCUT2D eigenvalue weighted by Crippen LogP contribution is -2.44. The van der Waals surface area contributed by atoms with E-state index in [1.54, 1.807) is 18.2 Å². The number of rotatable bonds is 3. The number of nitrogens with zero attached hydrogens (tertiary/aromatic N) is 1. The number of carbonyl (C=O) groups excluding carboxylic acids is 1. The van der Waals surface area contributed by atoms with Crippen LogP contribution >= 0.6 is 11.6 Å². The molecule has 2 rings (SSSR count). The summed E-state index contributed by atoms with van der Waals surface area (Å²) in [5.74, 6) is -1.01. The molecule has 2 N–H and O–H groups in total. The molecule has 0 unspecified atom stereocenters. The fourth-order valence-corrected chi connectivity index (χ4v) is 2.84. The van der Waals surface area contributed by atoms with E-state index in [0.717, 1.165) is 12.8 Å². The maximum Gasteiger partial charge on any atom is 0.337 e. The van der Waals surface area contributed by atoms with Gasteiger partial charge in [-0.3, -0.25) is 4.79 Å². The molecule has 1 aliphatic heterocycles. The second kappa shape index (κ2) is 6.13. The van der Waals surface area contributed by atoms with Crippen LogP contribution in [0, 0.1) is 0 Å². The fourth-order valence-electron chi connectivity index (χ4n) is 2.54. The van der Waals surface area contributed by atoms with Crippen LogP contribution in [0.5, 0.6) is 0 Å². The predicted octanol–water partition coefficient (Wildman–Crippen LogP) is 2.14. The lowest BCUT2D eigenvalue weighted by molar-refractivity contribution is -0.119. The number of hydrogen-bond acceptors (Lipinski definition) is 3. The van der Waals surface area contributed by atoms with Crippen LogP contribution in [0.1, 0.15) is 30.1 Å². The van der Waals surface area contributed by atoms with Crippen LogP contribution in [0.2, 0.25) is 5.02 Å². The minimum absolute atomic E-state index is 0.0348. The SMILES string of the molecule is CC(=O)NC1CCN(c2c(Cl)cccc2C(=O)O)CC1. The largest absolute Gasteiger partial charge is 0.478 e. The van der Waals surface area contributed by atoms with Gasteiger partial charge in [-0.2, -0.15) is 0 Å². The van der Waals surface area contributed by atoms with E-state index in [2.05, 4.69) is 5.32 Å². The third-order valence-corrected chi connectivity index (χ3v) is 3.74. The van der Waals surface area contributed by atoms with E-state index < -0.39 is 5.97 Å². The number of anilines is 1. The van der Waals surface area contributed by atoms with Gasteiger partial charge in [0.15, 0.2) is 0 Å². The molecule has 0 bridgehead atoms. The molecule has 1 aliphatic rings. The molecule has 20 heavy (non-hydrogen) atoms. The number of halogens is 1. The molecule has 0 aliphatic carbocycles. The second-order valence-electron chi connectivity index (χ2n) is 4.90. The van der Waals surface area contributed by atoms with Crippen LogP contribution < -0.4 is 10.2 Å². The molecule has 0 aromatic heterocycles. The van der Waals surface area contributed by atoms with Gasteiger partial charge in [0.1, 0.15) is 0 Å². The molecule has 1 heterocycles. The van der Waals surface area contributed by atoms with Gasteiger partial charge in [0, 0.05) is 26.1 Å². The van der Waals surface area contributed by atoms with Crippen molar-refractivity contribution in [2.24, 2.45) is 0 Å². The van der Waals surface area contributed by atoms with Gasteiger partial charge < -0.3 is 15.3 Å². The van der Waals surface area contributed by atoms with Crippen molar-refractivity contribution in [3.8, 4) is 0 Å². The van der Waals surface area contributed by atoms with Gasteiger partial charge in [0.2, 0.25) is 5.91 Å². The molecule has 0 atom stereocenters. The van der Waals surface area contributed by atoms with Crippen molar-refractivity contribution in [2.75, 3.05) is 18.0 Å². The zero-order chi connectivity index (χ0) is 14.7. The van der Waals surface area contributed by atoms with Crippen molar-refractivity contribution in [2.45, 2.75) is 25.8 Å². The maximum absolute atomic E-state index is 11.3. The minimum Gasteiger partial charge on any atom is -0.478 e. The molecular formula is C14H17ClN2O3. The van der Waals surface area contributed by atoms with E-state index in [9.17, 15) is 14.7 Å². The molecule has 0 spiro atoms. The number of para-hydroxylation sites is 1. The fraction of sp³-hybridized carbons (Fsp3) is 0.429. The third kappa shape index (κ3) is 3.22. The van der Waals surface area contributed by atoms with Crippen LogP contribution in [0.4, 0.5) is 5.69 Å².